The normalized spacial score (nSPS) is 18.3. The Bertz CT molecular complexity index is 1350. The third-order valence-electron chi connectivity index (χ3n) is 8.01. The van der Waals surface area contributed by atoms with E-state index in [9.17, 15) is 53.1 Å². The van der Waals surface area contributed by atoms with Gasteiger partial charge in [-0.15, -0.1) is 0 Å². The number of esters is 1. The number of anilines is 1. The molecule has 1 unspecified atom stereocenters. The first-order chi connectivity index (χ1) is 21.8. The standard InChI is InChI=1S/C30H36F9N3O4S/c1-3-41(17-20-7-5-19(6-8-20)13-26(43)46-4-2)27-22(14-25(16-40-27)30(37,38)39)18-42(47(44)45)10-9-21-11-23(28(31,32)33)15-24(12-21)29(34,35)36/h11-12,14-16,19-20H,3-10,13,17-18H2,1-2H3,(H,44,45)/p-1. The zero-order valence-electron chi connectivity index (χ0n) is 25.6. The number of hydrogen-bond acceptors (Lipinski definition) is 6. The van der Waals surface area contributed by atoms with Gasteiger partial charge in [-0.1, -0.05) is 0 Å². The number of rotatable bonds is 13. The smallest absolute Gasteiger partial charge is 0.417 e. The second-order valence-electron chi connectivity index (χ2n) is 11.4. The Morgan fingerprint density at radius 2 is 1.45 bits per heavy atom. The molecule has 1 aromatic carbocycles. The van der Waals surface area contributed by atoms with E-state index < -0.39 is 71.6 Å². The van der Waals surface area contributed by atoms with Crippen LogP contribution in [0.25, 0.3) is 0 Å². The van der Waals surface area contributed by atoms with Crippen LogP contribution in [0.4, 0.5) is 45.3 Å². The van der Waals surface area contributed by atoms with E-state index in [-0.39, 0.29) is 41.9 Å². The molecule has 3 rings (SSSR count). The van der Waals surface area contributed by atoms with E-state index in [0.29, 0.717) is 42.1 Å². The molecule has 0 radical (unpaired) electrons. The molecular formula is C30H35F9N3O4S-. The highest BCUT2D eigenvalue weighted by atomic mass is 32.2. The Morgan fingerprint density at radius 3 is 1.94 bits per heavy atom. The van der Waals surface area contributed by atoms with Crippen molar-refractivity contribution in [1.29, 1.82) is 0 Å². The Hall–Kier alpha value is -2.92. The van der Waals surface area contributed by atoms with E-state index >= 15 is 0 Å². The Kier molecular flexibility index (Phi) is 13.1. The van der Waals surface area contributed by atoms with Crippen LogP contribution in [0, 0.1) is 11.8 Å². The van der Waals surface area contributed by atoms with Gasteiger partial charge in [0.1, 0.15) is 5.82 Å². The molecule has 1 atom stereocenters. The van der Waals surface area contributed by atoms with Crippen LogP contribution in [0.2, 0.25) is 0 Å². The number of alkyl halides is 9. The molecule has 0 N–H and O–H groups in total. The summed E-state index contributed by atoms with van der Waals surface area (Å²) in [5, 5.41) is 0. The molecule has 1 fully saturated rings. The van der Waals surface area contributed by atoms with Crippen molar-refractivity contribution in [2.24, 2.45) is 11.8 Å². The molecule has 47 heavy (non-hydrogen) atoms. The molecule has 0 saturated heterocycles. The van der Waals surface area contributed by atoms with E-state index in [1.807, 2.05) is 0 Å². The fourth-order valence-electron chi connectivity index (χ4n) is 5.62. The average molecular weight is 705 g/mol. The molecule has 0 bridgehead atoms. The summed E-state index contributed by atoms with van der Waals surface area (Å²) in [5.74, 6) is 0.0329. The van der Waals surface area contributed by atoms with Gasteiger partial charge in [-0.3, -0.25) is 9.00 Å². The predicted molar refractivity (Wildman–Crippen MR) is 153 cm³/mol. The molecule has 0 spiro atoms. The summed E-state index contributed by atoms with van der Waals surface area (Å²) < 4.78 is 151. The van der Waals surface area contributed by atoms with E-state index in [1.54, 1.807) is 18.7 Å². The second kappa shape index (κ2) is 16.0. The lowest BCUT2D eigenvalue weighted by Gasteiger charge is -2.34. The highest BCUT2D eigenvalue weighted by Crippen LogP contribution is 2.38. The summed E-state index contributed by atoms with van der Waals surface area (Å²) in [6.07, 6.45) is -11.8. The molecule has 7 nitrogen and oxygen atoms in total. The number of carbonyl (C=O) groups is 1. The Morgan fingerprint density at radius 1 is 0.894 bits per heavy atom. The molecule has 1 aromatic heterocycles. The van der Waals surface area contributed by atoms with Crippen LogP contribution in [0.15, 0.2) is 30.5 Å². The third kappa shape index (κ3) is 11.3. The largest absolute Gasteiger partial charge is 0.760 e. The lowest BCUT2D eigenvalue weighted by molar-refractivity contribution is -0.145. The zero-order chi connectivity index (χ0) is 35.2. The predicted octanol–water partition coefficient (Wildman–Crippen LogP) is 7.56. The molecule has 1 heterocycles. The number of carbonyl (C=O) groups excluding carboxylic acids is 1. The van der Waals surface area contributed by atoms with Gasteiger partial charge in [0, 0.05) is 55.6 Å². The minimum atomic E-state index is -5.11. The SMILES string of the molecule is CCOC(=O)CC1CCC(CN(CC)c2ncc(C(F)(F)F)cc2CN(CCc2cc(C(F)(F)F)cc(C(F)(F)F)c2)S(=O)[O-])CC1. The number of pyridine rings is 1. The summed E-state index contributed by atoms with van der Waals surface area (Å²) >= 11 is -3.12. The summed E-state index contributed by atoms with van der Waals surface area (Å²) in [7, 11) is 0. The van der Waals surface area contributed by atoms with Gasteiger partial charge in [-0.05, 0) is 87.6 Å². The molecule has 0 aliphatic heterocycles. The molecular weight excluding hydrogens is 669 g/mol. The van der Waals surface area contributed by atoms with Crippen molar-refractivity contribution in [1.82, 2.24) is 9.29 Å². The van der Waals surface area contributed by atoms with E-state index in [1.165, 1.54) is 0 Å². The summed E-state index contributed by atoms with van der Waals surface area (Å²) in [6.45, 7) is 3.11. The molecule has 1 saturated carbocycles. The van der Waals surface area contributed by atoms with Crippen molar-refractivity contribution in [3.8, 4) is 0 Å². The van der Waals surface area contributed by atoms with Gasteiger partial charge in [-0.2, -0.15) is 39.5 Å². The Labute approximate surface area is 268 Å². The van der Waals surface area contributed by atoms with E-state index in [2.05, 4.69) is 4.98 Å². The van der Waals surface area contributed by atoms with Gasteiger partial charge in [-0.25, -0.2) is 9.29 Å². The van der Waals surface area contributed by atoms with Gasteiger partial charge in [0.15, 0.2) is 0 Å². The second-order valence-corrected chi connectivity index (χ2v) is 12.3. The average Bonchev–Trinajstić information content (AvgIpc) is 2.97. The van der Waals surface area contributed by atoms with Crippen molar-refractivity contribution in [2.75, 3.05) is 31.1 Å². The van der Waals surface area contributed by atoms with Gasteiger partial charge < -0.3 is 14.2 Å². The van der Waals surface area contributed by atoms with Crippen LogP contribution in [-0.4, -0.2) is 50.3 Å². The monoisotopic (exact) mass is 704 g/mol. The summed E-state index contributed by atoms with van der Waals surface area (Å²) in [5.41, 5.74) is -4.90. The zero-order valence-corrected chi connectivity index (χ0v) is 26.4. The number of benzene rings is 1. The van der Waals surface area contributed by atoms with Crippen LogP contribution < -0.4 is 4.90 Å². The first-order valence-corrected chi connectivity index (χ1v) is 15.9. The van der Waals surface area contributed by atoms with E-state index in [4.69, 9.17) is 4.74 Å². The van der Waals surface area contributed by atoms with Crippen molar-refractivity contribution in [2.45, 2.75) is 77.4 Å². The fourth-order valence-corrected chi connectivity index (χ4v) is 6.11. The molecule has 264 valence electrons. The maximum absolute atomic E-state index is 13.7. The first-order valence-electron chi connectivity index (χ1n) is 14.9. The Balaban J connectivity index is 1.84. The number of nitrogens with zero attached hydrogens (tertiary/aromatic N) is 3. The van der Waals surface area contributed by atoms with Gasteiger partial charge in [0.25, 0.3) is 0 Å². The number of ether oxygens (including phenoxy) is 1. The van der Waals surface area contributed by atoms with Crippen LogP contribution in [0.3, 0.4) is 0 Å². The van der Waals surface area contributed by atoms with Crippen LogP contribution >= 0.6 is 0 Å². The minimum absolute atomic E-state index is 0.0558. The van der Waals surface area contributed by atoms with Crippen LogP contribution in [0.1, 0.15) is 73.8 Å². The maximum atomic E-state index is 13.7. The van der Waals surface area contributed by atoms with Gasteiger partial charge in [0.2, 0.25) is 0 Å². The highest BCUT2D eigenvalue weighted by molar-refractivity contribution is 7.76. The van der Waals surface area contributed by atoms with Crippen LogP contribution in [0.5, 0.6) is 0 Å². The summed E-state index contributed by atoms with van der Waals surface area (Å²) in [6, 6.07) is 1.63. The van der Waals surface area contributed by atoms with Gasteiger partial charge in [0.05, 0.1) is 23.3 Å². The molecule has 1 aliphatic rings. The lowest BCUT2D eigenvalue weighted by Crippen LogP contribution is -2.34. The van der Waals surface area contributed by atoms with Crippen molar-refractivity contribution in [3.05, 3.63) is 58.3 Å². The van der Waals surface area contributed by atoms with Gasteiger partial charge >= 0.3 is 24.5 Å². The van der Waals surface area contributed by atoms with Crippen molar-refractivity contribution < 1.29 is 57.8 Å². The van der Waals surface area contributed by atoms with Crippen molar-refractivity contribution >= 4 is 23.1 Å². The number of hydrogen-bond donors (Lipinski definition) is 0. The van der Waals surface area contributed by atoms with E-state index in [0.717, 1.165) is 31.7 Å². The summed E-state index contributed by atoms with van der Waals surface area (Å²) in [4.78, 5) is 17.6. The van der Waals surface area contributed by atoms with Crippen molar-refractivity contribution in [3.63, 3.8) is 0 Å². The molecule has 17 heteroatoms. The molecule has 2 aromatic rings. The van der Waals surface area contributed by atoms with Crippen LogP contribution in [-0.2, 0) is 52.3 Å². The molecule has 1 aliphatic carbocycles. The number of aromatic nitrogens is 1. The quantitative estimate of drug-likeness (QED) is 0.122. The topological polar surface area (TPSA) is 85.8 Å². The number of halogens is 9. The highest BCUT2D eigenvalue weighted by Gasteiger charge is 2.37. The maximum Gasteiger partial charge on any atom is 0.417 e. The first kappa shape index (κ1) is 38.5. The lowest BCUT2D eigenvalue weighted by atomic mass is 9.80. The minimum Gasteiger partial charge on any atom is -0.760 e. The molecule has 0 amide bonds. The third-order valence-corrected chi connectivity index (χ3v) is 8.75. The fraction of sp³-hybridized carbons (Fsp3) is 0.600.